The Morgan fingerprint density at radius 1 is 1.06 bits per heavy atom. The van der Waals surface area contributed by atoms with Crippen LogP contribution in [-0.2, 0) is 12.8 Å². The first kappa shape index (κ1) is 10.5. The summed E-state index contributed by atoms with van der Waals surface area (Å²) in [6.07, 6.45) is 2.11. The largest absolute Gasteiger partial charge is 0.253 e. The molecule has 0 saturated carbocycles. The second-order valence-corrected chi connectivity index (χ2v) is 5.24. The van der Waals surface area contributed by atoms with E-state index in [1.165, 1.54) is 28.1 Å². The lowest BCUT2D eigenvalue weighted by molar-refractivity contribution is 0.636. The Balaban J connectivity index is 2.05. The Hall–Kier alpha value is -1.63. The molecule has 1 aromatic heterocycles. The molecule has 0 saturated heterocycles. The minimum absolute atomic E-state index is 0.664. The number of nitrogens with zero attached hydrogens (tertiary/aromatic N) is 1. The third-order valence-corrected chi connectivity index (χ3v) is 3.31. The summed E-state index contributed by atoms with van der Waals surface area (Å²) < 4.78 is 0. The molecule has 0 fully saturated rings. The third-order valence-electron chi connectivity index (χ3n) is 3.31. The van der Waals surface area contributed by atoms with E-state index < -0.39 is 0 Å². The second-order valence-electron chi connectivity index (χ2n) is 5.24. The minimum Gasteiger partial charge on any atom is -0.253 e. The predicted octanol–water partition coefficient (Wildman–Crippen LogP) is 3.85. The van der Waals surface area contributed by atoms with Gasteiger partial charge < -0.3 is 0 Å². The summed E-state index contributed by atoms with van der Waals surface area (Å²) >= 11 is 0. The van der Waals surface area contributed by atoms with Crippen molar-refractivity contribution >= 4 is 0 Å². The number of fused-ring (bicyclic) bond motifs is 3. The lowest BCUT2D eigenvalue weighted by atomic mass is 10.1. The zero-order valence-electron chi connectivity index (χ0n) is 10.4. The highest BCUT2D eigenvalue weighted by Crippen LogP contribution is 2.34. The van der Waals surface area contributed by atoms with Gasteiger partial charge in [0.05, 0.1) is 5.69 Å². The fraction of sp³-hybridized carbons (Fsp3) is 0.312. The molecule has 0 spiro atoms. The van der Waals surface area contributed by atoms with Gasteiger partial charge in [0.15, 0.2) is 0 Å². The minimum atomic E-state index is 0.664. The van der Waals surface area contributed by atoms with Gasteiger partial charge in [-0.15, -0.1) is 0 Å². The SMILES string of the molecule is CC(C)Cc1ccc2c(n1)-c1ccccc1C2. The van der Waals surface area contributed by atoms with Crippen LogP contribution in [-0.4, -0.2) is 4.98 Å². The van der Waals surface area contributed by atoms with Crippen LogP contribution in [0.3, 0.4) is 0 Å². The van der Waals surface area contributed by atoms with Crippen LogP contribution >= 0.6 is 0 Å². The molecule has 86 valence electrons. The molecule has 17 heavy (non-hydrogen) atoms. The summed E-state index contributed by atoms with van der Waals surface area (Å²) in [5.74, 6) is 0.664. The quantitative estimate of drug-likeness (QED) is 0.643. The summed E-state index contributed by atoms with van der Waals surface area (Å²) in [5.41, 5.74) is 6.54. The molecular weight excluding hydrogens is 206 g/mol. The van der Waals surface area contributed by atoms with E-state index in [2.05, 4.69) is 50.2 Å². The van der Waals surface area contributed by atoms with Crippen molar-refractivity contribution in [3.63, 3.8) is 0 Å². The molecule has 1 aliphatic carbocycles. The van der Waals surface area contributed by atoms with Gasteiger partial charge in [0.25, 0.3) is 0 Å². The standard InChI is InChI=1S/C16H17N/c1-11(2)9-14-8-7-13-10-12-5-3-4-6-15(12)16(13)17-14/h3-8,11H,9-10H2,1-2H3. The molecule has 3 rings (SSSR count). The van der Waals surface area contributed by atoms with E-state index in [1.54, 1.807) is 0 Å². The van der Waals surface area contributed by atoms with Gasteiger partial charge in [0.2, 0.25) is 0 Å². The maximum absolute atomic E-state index is 4.83. The van der Waals surface area contributed by atoms with Crippen LogP contribution in [0.4, 0.5) is 0 Å². The van der Waals surface area contributed by atoms with Gasteiger partial charge in [0.1, 0.15) is 0 Å². The number of aromatic nitrogens is 1. The normalized spacial score (nSPS) is 12.6. The van der Waals surface area contributed by atoms with Gasteiger partial charge in [-0.1, -0.05) is 44.2 Å². The summed E-state index contributed by atoms with van der Waals surface area (Å²) in [4.78, 5) is 4.83. The molecule has 1 aliphatic rings. The maximum atomic E-state index is 4.83. The van der Waals surface area contributed by atoms with Crippen LogP contribution in [0.25, 0.3) is 11.3 Å². The zero-order valence-corrected chi connectivity index (χ0v) is 10.4. The van der Waals surface area contributed by atoms with Crippen molar-refractivity contribution in [2.45, 2.75) is 26.7 Å². The van der Waals surface area contributed by atoms with E-state index in [-0.39, 0.29) is 0 Å². The van der Waals surface area contributed by atoms with Gasteiger partial charge in [-0.25, -0.2) is 0 Å². The van der Waals surface area contributed by atoms with Gasteiger partial charge >= 0.3 is 0 Å². The van der Waals surface area contributed by atoms with Crippen LogP contribution < -0.4 is 0 Å². The molecule has 0 unspecified atom stereocenters. The van der Waals surface area contributed by atoms with Crippen LogP contribution in [0, 0.1) is 5.92 Å². The van der Waals surface area contributed by atoms with E-state index in [4.69, 9.17) is 4.98 Å². The fourth-order valence-corrected chi connectivity index (χ4v) is 2.55. The van der Waals surface area contributed by atoms with Gasteiger partial charge in [-0.05, 0) is 29.5 Å². The van der Waals surface area contributed by atoms with Gasteiger partial charge in [0, 0.05) is 17.7 Å². The summed E-state index contributed by atoms with van der Waals surface area (Å²) in [6.45, 7) is 4.48. The Morgan fingerprint density at radius 2 is 1.88 bits per heavy atom. The molecule has 0 aliphatic heterocycles. The average Bonchev–Trinajstić information content (AvgIpc) is 2.66. The van der Waals surface area contributed by atoms with Crippen LogP contribution in [0.2, 0.25) is 0 Å². The third kappa shape index (κ3) is 1.86. The van der Waals surface area contributed by atoms with Crippen molar-refractivity contribution in [3.8, 4) is 11.3 Å². The molecule has 1 aromatic carbocycles. The molecule has 2 aromatic rings. The van der Waals surface area contributed by atoms with Crippen LogP contribution in [0.15, 0.2) is 36.4 Å². The van der Waals surface area contributed by atoms with Crippen molar-refractivity contribution in [3.05, 3.63) is 53.2 Å². The molecule has 0 radical (unpaired) electrons. The molecule has 0 bridgehead atoms. The van der Waals surface area contributed by atoms with E-state index in [9.17, 15) is 0 Å². The van der Waals surface area contributed by atoms with Crippen molar-refractivity contribution in [1.29, 1.82) is 0 Å². The van der Waals surface area contributed by atoms with Gasteiger partial charge in [-0.3, -0.25) is 4.98 Å². The second kappa shape index (κ2) is 3.99. The first-order valence-electron chi connectivity index (χ1n) is 6.31. The van der Waals surface area contributed by atoms with Crippen molar-refractivity contribution in [2.75, 3.05) is 0 Å². The van der Waals surface area contributed by atoms with E-state index in [0.717, 1.165) is 12.8 Å². The molecular formula is C16H17N. The first-order valence-corrected chi connectivity index (χ1v) is 6.31. The lowest BCUT2D eigenvalue weighted by Gasteiger charge is -2.06. The maximum Gasteiger partial charge on any atom is 0.0743 e. The fourth-order valence-electron chi connectivity index (χ4n) is 2.55. The average molecular weight is 223 g/mol. The van der Waals surface area contributed by atoms with Crippen LogP contribution in [0.1, 0.15) is 30.7 Å². The number of hydrogen-bond acceptors (Lipinski definition) is 1. The van der Waals surface area contributed by atoms with E-state index in [0.29, 0.717) is 5.92 Å². The summed E-state index contributed by atoms with van der Waals surface area (Å²) in [7, 11) is 0. The van der Waals surface area contributed by atoms with Crippen molar-refractivity contribution in [2.24, 2.45) is 5.92 Å². The lowest BCUT2D eigenvalue weighted by Crippen LogP contribution is -1.98. The smallest absolute Gasteiger partial charge is 0.0743 e. The zero-order chi connectivity index (χ0) is 11.8. The molecule has 0 amide bonds. The molecule has 1 heteroatoms. The van der Waals surface area contributed by atoms with Crippen LogP contribution in [0.5, 0.6) is 0 Å². The highest BCUT2D eigenvalue weighted by atomic mass is 14.7. The Bertz CT molecular complexity index is 555. The topological polar surface area (TPSA) is 12.9 Å². The molecule has 0 atom stereocenters. The number of hydrogen-bond donors (Lipinski definition) is 0. The Kier molecular flexibility index (Phi) is 2.47. The Morgan fingerprint density at radius 3 is 2.71 bits per heavy atom. The Labute approximate surface area is 103 Å². The highest BCUT2D eigenvalue weighted by Gasteiger charge is 2.19. The monoisotopic (exact) mass is 223 g/mol. The van der Waals surface area contributed by atoms with Crippen molar-refractivity contribution in [1.82, 2.24) is 4.98 Å². The predicted molar refractivity (Wildman–Crippen MR) is 71.0 cm³/mol. The summed E-state index contributed by atoms with van der Waals surface area (Å²) in [5, 5.41) is 0. The van der Waals surface area contributed by atoms with E-state index >= 15 is 0 Å². The molecule has 1 heterocycles. The first-order chi connectivity index (χ1) is 8.24. The number of rotatable bonds is 2. The summed E-state index contributed by atoms with van der Waals surface area (Å²) in [6, 6.07) is 13.0. The number of pyridine rings is 1. The highest BCUT2D eigenvalue weighted by molar-refractivity contribution is 5.73. The van der Waals surface area contributed by atoms with Crippen molar-refractivity contribution < 1.29 is 0 Å². The van der Waals surface area contributed by atoms with Gasteiger partial charge in [-0.2, -0.15) is 0 Å². The molecule has 1 nitrogen and oxygen atoms in total. The number of benzene rings is 1. The van der Waals surface area contributed by atoms with E-state index in [1.807, 2.05) is 0 Å². The molecule has 0 N–H and O–H groups in total.